The lowest BCUT2D eigenvalue weighted by atomic mass is 10.2. The van der Waals surface area contributed by atoms with Crippen molar-refractivity contribution in [3.05, 3.63) is 29.8 Å². The third-order valence-electron chi connectivity index (χ3n) is 3.29. The second-order valence-corrected chi connectivity index (χ2v) is 5.52. The van der Waals surface area contributed by atoms with Gasteiger partial charge in [0.2, 0.25) is 0 Å². The number of ether oxygens (including phenoxy) is 2. The van der Waals surface area contributed by atoms with E-state index in [2.05, 4.69) is 4.90 Å². The highest BCUT2D eigenvalue weighted by molar-refractivity contribution is 5.24. The van der Waals surface area contributed by atoms with Crippen molar-refractivity contribution in [1.29, 1.82) is 0 Å². The maximum absolute atomic E-state index is 13.4. The molecule has 0 aliphatic carbocycles. The second-order valence-electron chi connectivity index (χ2n) is 5.52. The molecule has 1 aromatic carbocycles. The Hall–Kier alpha value is -1.24. The van der Waals surface area contributed by atoms with Crippen LogP contribution in [0.5, 0.6) is 5.75 Å². The van der Waals surface area contributed by atoms with Gasteiger partial charge in [-0.3, -0.25) is 4.90 Å². The van der Waals surface area contributed by atoms with Gasteiger partial charge in [-0.1, -0.05) is 0 Å². The van der Waals surface area contributed by atoms with E-state index >= 15 is 0 Å². The maximum Gasteiger partial charge on any atom is 0.165 e. The molecule has 2 rings (SSSR count). The number of benzene rings is 1. The molecule has 0 spiro atoms. The molecule has 1 aromatic rings. The number of hydrogen-bond donors (Lipinski definition) is 1. The van der Waals surface area contributed by atoms with Crippen molar-refractivity contribution in [1.82, 2.24) is 4.90 Å². The van der Waals surface area contributed by atoms with Crippen molar-refractivity contribution in [2.45, 2.75) is 32.2 Å². The highest BCUT2D eigenvalue weighted by atomic mass is 19.1. The van der Waals surface area contributed by atoms with Gasteiger partial charge in [-0.05, 0) is 26.0 Å². The molecule has 0 amide bonds. The Morgan fingerprint density at radius 2 is 2.00 bits per heavy atom. The predicted molar refractivity (Wildman–Crippen MR) is 74.3 cm³/mol. The number of aliphatic hydroxyl groups excluding tert-OH is 1. The number of aliphatic hydroxyl groups is 1. The van der Waals surface area contributed by atoms with Gasteiger partial charge in [0, 0.05) is 25.7 Å². The topological polar surface area (TPSA) is 41.9 Å². The Labute approximate surface area is 123 Å². The van der Waals surface area contributed by atoms with Crippen LogP contribution in [0.15, 0.2) is 18.2 Å². The van der Waals surface area contributed by atoms with Crippen LogP contribution in [0, 0.1) is 11.6 Å². The largest absolute Gasteiger partial charge is 0.488 e. The molecule has 0 saturated carbocycles. The van der Waals surface area contributed by atoms with Crippen molar-refractivity contribution in [3.8, 4) is 5.75 Å². The Morgan fingerprint density at radius 1 is 1.33 bits per heavy atom. The molecular formula is C15H21F2NO3. The molecule has 0 aromatic heterocycles. The molecule has 1 N–H and O–H groups in total. The third kappa shape index (κ3) is 4.91. The van der Waals surface area contributed by atoms with Gasteiger partial charge in [0.1, 0.15) is 18.5 Å². The van der Waals surface area contributed by atoms with Gasteiger partial charge in [-0.25, -0.2) is 8.78 Å². The number of β-amino-alcohol motifs (C(OH)–C–C–N with tert-alkyl or cyclic N) is 1. The molecule has 1 saturated heterocycles. The van der Waals surface area contributed by atoms with Crippen LogP contribution in [-0.4, -0.2) is 54.6 Å². The lowest BCUT2D eigenvalue weighted by molar-refractivity contribution is -0.0787. The molecule has 4 nitrogen and oxygen atoms in total. The fourth-order valence-electron chi connectivity index (χ4n) is 2.56. The first-order valence-electron chi connectivity index (χ1n) is 7.07. The Kier molecular flexibility index (Phi) is 5.50. The standard InChI is InChI=1S/C15H21F2NO3/c1-10-6-18(7-11(2)21-10)8-13(19)9-20-15-5-12(16)3-4-14(15)17/h3-5,10-11,13,19H,6-9H2,1-2H3. The molecule has 0 radical (unpaired) electrons. The summed E-state index contributed by atoms with van der Waals surface area (Å²) in [6.45, 7) is 5.75. The Balaban J connectivity index is 1.81. The second kappa shape index (κ2) is 7.15. The van der Waals surface area contributed by atoms with Gasteiger partial charge >= 0.3 is 0 Å². The monoisotopic (exact) mass is 301 g/mol. The SMILES string of the molecule is CC1CN(CC(O)COc2cc(F)ccc2F)CC(C)O1. The highest BCUT2D eigenvalue weighted by Gasteiger charge is 2.24. The van der Waals surface area contributed by atoms with Crippen LogP contribution >= 0.6 is 0 Å². The molecule has 21 heavy (non-hydrogen) atoms. The van der Waals surface area contributed by atoms with Crippen molar-refractivity contribution in [3.63, 3.8) is 0 Å². The number of morpholine rings is 1. The number of hydrogen-bond acceptors (Lipinski definition) is 4. The molecule has 3 unspecified atom stereocenters. The average molecular weight is 301 g/mol. The minimum atomic E-state index is -0.773. The van der Waals surface area contributed by atoms with E-state index in [1.165, 1.54) is 0 Å². The molecule has 1 aliphatic rings. The van der Waals surface area contributed by atoms with Gasteiger partial charge in [-0.15, -0.1) is 0 Å². The van der Waals surface area contributed by atoms with E-state index in [1.807, 2.05) is 13.8 Å². The van der Waals surface area contributed by atoms with Crippen LogP contribution in [0.25, 0.3) is 0 Å². The highest BCUT2D eigenvalue weighted by Crippen LogP contribution is 2.18. The van der Waals surface area contributed by atoms with Crippen LogP contribution in [0.2, 0.25) is 0 Å². The van der Waals surface area contributed by atoms with E-state index in [0.717, 1.165) is 31.3 Å². The van der Waals surface area contributed by atoms with Gasteiger partial charge in [-0.2, -0.15) is 0 Å². The van der Waals surface area contributed by atoms with E-state index in [9.17, 15) is 13.9 Å². The minimum absolute atomic E-state index is 0.0828. The van der Waals surface area contributed by atoms with E-state index < -0.39 is 17.7 Å². The maximum atomic E-state index is 13.4. The fourth-order valence-corrected chi connectivity index (χ4v) is 2.56. The first-order valence-corrected chi connectivity index (χ1v) is 7.07. The Bertz CT molecular complexity index is 462. The summed E-state index contributed by atoms with van der Waals surface area (Å²) in [5.74, 6) is -1.40. The van der Waals surface area contributed by atoms with Gasteiger partial charge in [0.05, 0.1) is 12.2 Å². The lowest BCUT2D eigenvalue weighted by Crippen LogP contribution is -2.48. The van der Waals surface area contributed by atoms with Gasteiger partial charge < -0.3 is 14.6 Å². The average Bonchev–Trinajstić information content (AvgIpc) is 2.38. The molecule has 6 heteroatoms. The van der Waals surface area contributed by atoms with Crippen molar-refractivity contribution in [2.24, 2.45) is 0 Å². The van der Waals surface area contributed by atoms with Crippen LogP contribution in [0.4, 0.5) is 8.78 Å². The van der Waals surface area contributed by atoms with Crippen LogP contribution in [0.3, 0.4) is 0 Å². The number of nitrogens with zero attached hydrogens (tertiary/aromatic N) is 1. The zero-order valence-electron chi connectivity index (χ0n) is 12.3. The van der Waals surface area contributed by atoms with Gasteiger partial charge in [0.15, 0.2) is 11.6 Å². The molecule has 1 fully saturated rings. The van der Waals surface area contributed by atoms with Crippen molar-refractivity contribution < 1.29 is 23.4 Å². The summed E-state index contributed by atoms with van der Waals surface area (Å²) in [6.07, 6.45) is -0.546. The summed E-state index contributed by atoms with van der Waals surface area (Å²) in [6, 6.07) is 3.00. The molecule has 0 bridgehead atoms. The van der Waals surface area contributed by atoms with Crippen molar-refractivity contribution in [2.75, 3.05) is 26.2 Å². The first kappa shape index (κ1) is 16.1. The smallest absolute Gasteiger partial charge is 0.165 e. The van der Waals surface area contributed by atoms with Crippen LogP contribution in [-0.2, 0) is 4.74 Å². The first-order chi connectivity index (χ1) is 9.94. The van der Waals surface area contributed by atoms with Crippen LogP contribution < -0.4 is 4.74 Å². The minimum Gasteiger partial charge on any atom is -0.488 e. The number of halogens is 2. The summed E-state index contributed by atoms with van der Waals surface area (Å²) in [5.41, 5.74) is 0. The van der Waals surface area contributed by atoms with Gasteiger partial charge in [0.25, 0.3) is 0 Å². The Morgan fingerprint density at radius 3 is 2.67 bits per heavy atom. The quantitative estimate of drug-likeness (QED) is 0.901. The van der Waals surface area contributed by atoms with E-state index in [-0.39, 0.29) is 24.6 Å². The van der Waals surface area contributed by atoms with E-state index in [1.54, 1.807) is 0 Å². The number of rotatable bonds is 5. The summed E-state index contributed by atoms with van der Waals surface area (Å²) in [4.78, 5) is 2.08. The normalized spacial score (nSPS) is 24.8. The lowest BCUT2D eigenvalue weighted by Gasteiger charge is -2.36. The zero-order chi connectivity index (χ0) is 15.4. The summed E-state index contributed by atoms with van der Waals surface area (Å²) >= 11 is 0. The third-order valence-corrected chi connectivity index (χ3v) is 3.29. The zero-order valence-corrected chi connectivity index (χ0v) is 12.3. The van der Waals surface area contributed by atoms with E-state index in [4.69, 9.17) is 9.47 Å². The predicted octanol–water partition coefficient (Wildman–Crippen LogP) is 1.81. The molecule has 1 aliphatic heterocycles. The summed E-state index contributed by atoms with van der Waals surface area (Å²) in [7, 11) is 0. The van der Waals surface area contributed by atoms with Crippen LogP contribution in [0.1, 0.15) is 13.8 Å². The van der Waals surface area contributed by atoms with Crippen molar-refractivity contribution >= 4 is 0 Å². The molecular weight excluding hydrogens is 280 g/mol. The molecule has 118 valence electrons. The summed E-state index contributed by atoms with van der Waals surface area (Å²) in [5, 5.41) is 9.97. The molecule has 1 heterocycles. The fraction of sp³-hybridized carbons (Fsp3) is 0.600. The van der Waals surface area contributed by atoms with E-state index in [0.29, 0.717) is 6.54 Å². The molecule has 3 atom stereocenters. The summed E-state index contributed by atoms with van der Waals surface area (Å²) < 4.78 is 37.1.